The van der Waals surface area contributed by atoms with E-state index >= 15 is 0 Å². The zero-order valence-corrected chi connectivity index (χ0v) is 9.66. The summed E-state index contributed by atoms with van der Waals surface area (Å²) in [5, 5.41) is 6.61. The molecule has 86 valence electrons. The Hall–Kier alpha value is -1.16. The smallest absolute Gasteiger partial charge is 0.134 e. The highest BCUT2D eigenvalue weighted by Crippen LogP contribution is 2.38. The Balaban J connectivity index is 1.83. The molecule has 0 saturated heterocycles. The summed E-state index contributed by atoms with van der Waals surface area (Å²) >= 11 is 0. The van der Waals surface area contributed by atoms with Crippen molar-refractivity contribution >= 4 is 5.82 Å². The molecule has 1 aromatic rings. The number of hydrogen-bond acceptors (Lipinski definition) is 4. The van der Waals surface area contributed by atoms with Crippen LogP contribution in [0.25, 0.3) is 0 Å². The fourth-order valence-corrected chi connectivity index (χ4v) is 1.82. The van der Waals surface area contributed by atoms with Crippen molar-refractivity contribution in [1.29, 1.82) is 0 Å². The van der Waals surface area contributed by atoms with E-state index in [1.807, 2.05) is 7.05 Å². The fourth-order valence-electron chi connectivity index (χ4n) is 1.82. The minimum absolute atomic E-state index is 0.622. The van der Waals surface area contributed by atoms with Crippen LogP contribution in [0, 0.1) is 0 Å². The fraction of sp³-hybridized carbons (Fsp3) is 0.667. The van der Waals surface area contributed by atoms with E-state index in [0.29, 0.717) is 12.0 Å². The van der Waals surface area contributed by atoms with Crippen LogP contribution in [-0.4, -0.2) is 23.1 Å². The van der Waals surface area contributed by atoms with Crippen LogP contribution in [0.3, 0.4) is 0 Å². The first-order chi connectivity index (χ1) is 7.85. The van der Waals surface area contributed by atoms with Crippen molar-refractivity contribution in [3.8, 4) is 0 Å². The lowest BCUT2D eigenvalue weighted by molar-refractivity contribution is 0.767. The Labute approximate surface area is 95.9 Å². The van der Waals surface area contributed by atoms with Crippen LogP contribution in [0.4, 0.5) is 5.82 Å². The number of nitrogens with one attached hydrogen (secondary N) is 2. The minimum atomic E-state index is 0.622. The van der Waals surface area contributed by atoms with Crippen molar-refractivity contribution in [1.82, 2.24) is 15.3 Å². The molecule has 1 aromatic heterocycles. The molecular formula is C12H18N4. The zero-order chi connectivity index (χ0) is 11.0. The summed E-state index contributed by atoms with van der Waals surface area (Å²) in [6.07, 6.45) is 5.08. The van der Waals surface area contributed by atoms with Crippen LogP contribution >= 0.6 is 0 Å². The Bertz CT molecular complexity index is 383. The van der Waals surface area contributed by atoms with Crippen LogP contribution in [0.15, 0.2) is 6.07 Å². The summed E-state index contributed by atoms with van der Waals surface area (Å²) in [5.74, 6) is 2.68. The molecule has 1 heterocycles. The molecule has 4 heteroatoms. The van der Waals surface area contributed by atoms with Gasteiger partial charge < -0.3 is 10.6 Å². The number of rotatable bonds is 5. The molecule has 2 aliphatic carbocycles. The normalized spacial score (nSPS) is 19.8. The van der Waals surface area contributed by atoms with Gasteiger partial charge in [-0.05, 0) is 32.7 Å². The van der Waals surface area contributed by atoms with Crippen molar-refractivity contribution in [3.05, 3.63) is 17.6 Å². The van der Waals surface area contributed by atoms with Crippen molar-refractivity contribution in [2.24, 2.45) is 0 Å². The molecule has 3 rings (SSSR count). The van der Waals surface area contributed by atoms with Crippen LogP contribution < -0.4 is 10.6 Å². The molecule has 0 aromatic carbocycles. The van der Waals surface area contributed by atoms with Crippen molar-refractivity contribution in [2.45, 2.75) is 44.2 Å². The maximum atomic E-state index is 4.61. The van der Waals surface area contributed by atoms with Gasteiger partial charge in [0.25, 0.3) is 0 Å². The number of nitrogens with zero attached hydrogens (tertiary/aromatic N) is 2. The molecule has 0 radical (unpaired) electrons. The zero-order valence-electron chi connectivity index (χ0n) is 9.66. The highest BCUT2D eigenvalue weighted by atomic mass is 15.1. The summed E-state index contributed by atoms with van der Waals surface area (Å²) < 4.78 is 0. The van der Waals surface area contributed by atoms with Gasteiger partial charge in [-0.25, -0.2) is 9.97 Å². The van der Waals surface area contributed by atoms with E-state index in [1.54, 1.807) is 0 Å². The van der Waals surface area contributed by atoms with Crippen LogP contribution in [-0.2, 0) is 6.54 Å². The van der Waals surface area contributed by atoms with Crippen LogP contribution in [0.1, 0.15) is 43.1 Å². The standard InChI is InChI=1S/C12H18N4/c1-13-7-10-6-11(14-9-4-5-9)16-12(15-10)8-2-3-8/h6,8-9,13H,2-5,7H2,1H3,(H,14,15,16). The Kier molecular flexibility index (Phi) is 2.52. The molecule has 2 aliphatic rings. The summed E-state index contributed by atoms with van der Waals surface area (Å²) in [6, 6.07) is 2.73. The lowest BCUT2D eigenvalue weighted by atomic mass is 10.3. The van der Waals surface area contributed by atoms with Gasteiger partial charge in [-0.3, -0.25) is 0 Å². The lowest BCUT2D eigenvalue weighted by Crippen LogP contribution is -2.12. The third kappa shape index (κ3) is 2.32. The number of aromatic nitrogens is 2. The van der Waals surface area contributed by atoms with Crippen molar-refractivity contribution < 1.29 is 0 Å². The topological polar surface area (TPSA) is 49.8 Å². The van der Waals surface area contributed by atoms with E-state index in [4.69, 9.17) is 0 Å². The molecule has 0 atom stereocenters. The van der Waals surface area contributed by atoms with E-state index in [1.165, 1.54) is 25.7 Å². The molecule has 2 N–H and O–H groups in total. The van der Waals surface area contributed by atoms with Crippen molar-refractivity contribution in [3.63, 3.8) is 0 Å². The van der Waals surface area contributed by atoms with E-state index in [-0.39, 0.29) is 0 Å². The first-order valence-electron chi connectivity index (χ1n) is 6.14. The molecule has 2 saturated carbocycles. The molecule has 4 nitrogen and oxygen atoms in total. The predicted molar refractivity (Wildman–Crippen MR) is 63.4 cm³/mol. The van der Waals surface area contributed by atoms with Gasteiger partial charge in [-0.1, -0.05) is 0 Å². The van der Waals surface area contributed by atoms with Gasteiger partial charge in [-0.2, -0.15) is 0 Å². The summed E-state index contributed by atoms with van der Waals surface area (Å²) in [4.78, 5) is 9.21. The second kappa shape index (κ2) is 4.01. The molecule has 0 unspecified atom stereocenters. The molecular weight excluding hydrogens is 200 g/mol. The largest absolute Gasteiger partial charge is 0.367 e. The SMILES string of the molecule is CNCc1cc(NC2CC2)nc(C2CC2)n1. The number of hydrogen-bond donors (Lipinski definition) is 2. The van der Waals surface area contributed by atoms with Gasteiger partial charge in [0.1, 0.15) is 11.6 Å². The average molecular weight is 218 g/mol. The first kappa shape index (κ1) is 10.0. The molecule has 2 fully saturated rings. The lowest BCUT2D eigenvalue weighted by Gasteiger charge is -2.08. The third-order valence-corrected chi connectivity index (χ3v) is 3.03. The maximum Gasteiger partial charge on any atom is 0.134 e. The average Bonchev–Trinajstić information content (AvgIpc) is 3.13. The highest BCUT2D eigenvalue weighted by Gasteiger charge is 2.28. The molecule has 16 heavy (non-hydrogen) atoms. The van der Waals surface area contributed by atoms with E-state index in [0.717, 1.165) is 23.9 Å². The first-order valence-corrected chi connectivity index (χ1v) is 6.14. The van der Waals surface area contributed by atoms with E-state index < -0.39 is 0 Å². The Morgan fingerprint density at radius 2 is 2.06 bits per heavy atom. The van der Waals surface area contributed by atoms with Crippen LogP contribution in [0.2, 0.25) is 0 Å². The molecule has 0 spiro atoms. The predicted octanol–water partition coefficient (Wildman–Crippen LogP) is 1.65. The Morgan fingerprint density at radius 1 is 1.25 bits per heavy atom. The highest BCUT2D eigenvalue weighted by molar-refractivity contribution is 5.39. The van der Waals surface area contributed by atoms with E-state index in [2.05, 4.69) is 26.7 Å². The van der Waals surface area contributed by atoms with Crippen LogP contribution in [0.5, 0.6) is 0 Å². The second-order valence-corrected chi connectivity index (χ2v) is 4.83. The van der Waals surface area contributed by atoms with Crippen molar-refractivity contribution in [2.75, 3.05) is 12.4 Å². The summed E-state index contributed by atoms with van der Waals surface area (Å²) in [7, 11) is 1.95. The monoisotopic (exact) mass is 218 g/mol. The summed E-state index contributed by atoms with van der Waals surface area (Å²) in [5.41, 5.74) is 1.10. The van der Waals surface area contributed by atoms with E-state index in [9.17, 15) is 0 Å². The van der Waals surface area contributed by atoms with Gasteiger partial charge in [0, 0.05) is 24.6 Å². The molecule has 0 bridgehead atoms. The van der Waals surface area contributed by atoms with Gasteiger partial charge in [0.15, 0.2) is 0 Å². The maximum absolute atomic E-state index is 4.61. The second-order valence-electron chi connectivity index (χ2n) is 4.83. The summed E-state index contributed by atoms with van der Waals surface area (Å²) in [6.45, 7) is 0.821. The van der Waals surface area contributed by atoms with Gasteiger partial charge in [-0.15, -0.1) is 0 Å². The third-order valence-electron chi connectivity index (χ3n) is 3.03. The van der Waals surface area contributed by atoms with Gasteiger partial charge >= 0.3 is 0 Å². The quantitative estimate of drug-likeness (QED) is 0.789. The minimum Gasteiger partial charge on any atom is -0.367 e. The number of anilines is 1. The van der Waals surface area contributed by atoms with Gasteiger partial charge in [0.05, 0.1) is 5.69 Å². The molecule has 0 aliphatic heterocycles. The Morgan fingerprint density at radius 3 is 2.69 bits per heavy atom. The van der Waals surface area contributed by atoms with Gasteiger partial charge in [0.2, 0.25) is 0 Å². The molecule has 0 amide bonds.